The highest BCUT2D eigenvalue weighted by Crippen LogP contribution is 2.17. The van der Waals surface area contributed by atoms with E-state index >= 15 is 0 Å². The van der Waals surface area contributed by atoms with Gasteiger partial charge in [0.25, 0.3) is 5.56 Å². The van der Waals surface area contributed by atoms with E-state index in [0.717, 1.165) is 9.45 Å². The molecule has 0 amide bonds. The normalized spacial score (nSPS) is 14.2. The van der Waals surface area contributed by atoms with Crippen LogP contribution in [-0.2, 0) is 6.67 Å². The van der Waals surface area contributed by atoms with E-state index < -0.39 is 0 Å². The van der Waals surface area contributed by atoms with Gasteiger partial charge in [-0.15, -0.1) is 0 Å². The van der Waals surface area contributed by atoms with Crippen molar-refractivity contribution in [3.8, 4) is 0 Å². The zero-order valence-corrected chi connectivity index (χ0v) is 16.8. The first-order valence-corrected chi connectivity index (χ1v) is 9.78. The maximum atomic E-state index is 12.7. The molecule has 1 aliphatic rings. The second kappa shape index (κ2) is 6.84. The lowest BCUT2D eigenvalue weighted by atomic mass is 10.1. The average Bonchev–Trinajstić information content (AvgIpc) is 3.18. The van der Waals surface area contributed by atoms with Crippen LogP contribution >= 0.6 is 33.9 Å². The number of hydrogen-bond acceptors (Lipinski definition) is 6. The topological polar surface area (TPSA) is 67.8 Å². The number of nitrogens with zero attached hydrogens (tertiary/aromatic N) is 3. The summed E-state index contributed by atoms with van der Waals surface area (Å²) in [6, 6.07) is 11.0. The maximum Gasteiger partial charge on any atom is 0.271 e. The van der Waals surface area contributed by atoms with Crippen LogP contribution in [0, 0.1) is 3.77 Å². The van der Waals surface area contributed by atoms with Crippen LogP contribution in [0.25, 0.3) is 6.08 Å². The van der Waals surface area contributed by atoms with Crippen LogP contribution in [0.4, 0.5) is 5.69 Å². The van der Waals surface area contributed by atoms with E-state index in [1.165, 1.54) is 11.3 Å². The molecule has 1 aliphatic heterocycles. The van der Waals surface area contributed by atoms with Crippen molar-refractivity contribution in [1.82, 2.24) is 4.57 Å². The Balaban J connectivity index is 1.66. The molecule has 2 aromatic heterocycles. The average molecular weight is 479 g/mol. The molecule has 3 aromatic rings. The van der Waals surface area contributed by atoms with Crippen molar-refractivity contribution in [2.45, 2.75) is 13.6 Å². The monoisotopic (exact) mass is 479 g/mol. The third-order valence-corrected chi connectivity index (χ3v) is 5.71. The Labute approximate surface area is 166 Å². The number of hydrogen-bond donors (Lipinski definition) is 0. The summed E-state index contributed by atoms with van der Waals surface area (Å²) in [7, 11) is 0. The lowest BCUT2D eigenvalue weighted by Gasteiger charge is -2.25. The molecule has 132 valence electrons. The molecule has 3 heterocycles. The van der Waals surface area contributed by atoms with Gasteiger partial charge in [0.1, 0.15) is 19.1 Å². The summed E-state index contributed by atoms with van der Waals surface area (Å²) in [6.07, 6.45) is 1.75. The van der Waals surface area contributed by atoms with Crippen molar-refractivity contribution in [2.24, 2.45) is 4.99 Å². The van der Waals surface area contributed by atoms with Gasteiger partial charge in [-0.2, -0.15) is 0 Å². The molecule has 0 spiro atoms. The lowest BCUT2D eigenvalue weighted by molar-refractivity contribution is 0.101. The smallest absolute Gasteiger partial charge is 0.271 e. The predicted molar refractivity (Wildman–Crippen MR) is 108 cm³/mol. The first-order valence-electron chi connectivity index (χ1n) is 7.88. The van der Waals surface area contributed by atoms with Crippen LogP contribution in [-0.4, -0.2) is 17.0 Å². The van der Waals surface area contributed by atoms with Gasteiger partial charge in [0.05, 0.1) is 4.53 Å². The van der Waals surface area contributed by atoms with Gasteiger partial charge in [-0.25, -0.2) is 4.99 Å². The maximum absolute atomic E-state index is 12.7. The van der Waals surface area contributed by atoms with Crippen molar-refractivity contribution < 1.29 is 9.21 Å². The first-order chi connectivity index (χ1) is 12.5. The fourth-order valence-corrected chi connectivity index (χ4v) is 4.09. The highest BCUT2D eigenvalue weighted by atomic mass is 127. The summed E-state index contributed by atoms with van der Waals surface area (Å²) >= 11 is 3.46. The number of rotatable bonds is 3. The molecule has 6 nitrogen and oxygen atoms in total. The van der Waals surface area contributed by atoms with Crippen molar-refractivity contribution in [3.63, 3.8) is 0 Å². The Morgan fingerprint density at radius 3 is 2.69 bits per heavy atom. The number of fused-ring (bicyclic) bond motifs is 1. The number of ketones is 1. The van der Waals surface area contributed by atoms with E-state index in [4.69, 9.17) is 4.42 Å². The summed E-state index contributed by atoms with van der Waals surface area (Å²) in [5.74, 6) is 0.686. The SMILES string of the molecule is CC(=O)c1ccc(N2CN=c3sc(=Cc4ccc(I)o4)c(=O)n3C2)cc1. The second-order valence-corrected chi connectivity index (χ2v) is 7.92. The molecule has 0 saturated carbocycles. The molecular weight excluding hydrogens is 465 g/mol. The Bertz CT molecular complexity index is 1160. The van der Waals surface area contributed by atoms with E-state index in [1.54, 1.807) is 29.7 Å². The van der Waals surface area contributed by atoms with Gasteiger partial charge in [-0.1, -0.05) is 11.3 Å². The fourth-order valence-electron chi connectivity index (χ4n) is 2.72. The predicted octanol–water partition coefficient (Wildman–Crippen LogP) is 2.19. The van der Waals surface area contributed by atoms with Crippen molar-refractivity contribution in [2.75, 3.05) is 11.6 Å². The third-order valence-electron chi connectivity index (χ3n) is 4.08. The van der Waals surface area contributed by atoms with Crippen LogP contribution in [0.3, 0.4) is 0 Å². The van der Waals surface area contributed by atoms with Crippen LogP contribution in [0.5, 0.6) is 0 Å². The van der Waals surface area contributed by atoms with Gasteiger partial charge in [0.15, 0.2) is 14.4 Å². The molecule has 26 heavy (non-hydrogen) atoms. The van der Waals surface area contributed by atoms with Crippen LogP contribution in [0.15, 0.2) is 50.6 Å². The Hall–Kier alpha value is -2.20. The Morgan fingerprint density at radius 2 is 2.04 bits per heavy atom. The van der Waals surface area contributed by atoms with Crippen LogP contribution in [0.2, 0.25) is 0 Å². The molecule has 8 heteroatoms. The highest BCUT2D eigenvalue weighted by molar-refractivity contribution is 14.1. The number of furan rings is 1. The van der Waals surface area contributed by atoms with E-state index in [1.807, 2.05) is 29.2 Å². The van der Waals surface area contributed by atoms with Crippen LogP contribution in [0.1, 0.15) is 23.0 Å². The number of thiazole rings is 1. The number of halogens is 1. The molecule has 0 unspecified atom stereocenters. The number of anilines is 1. The Kier molecular flexibility index (Phi) is 4.53. The summed E-state index contributed by atoms with van der Waals surface area (Å²) in [5.41, 5.74) is 1.51. The third kappa shape index (κ3) is 3.26. The van der Waals surface area contributed by atoms with E-state index in [2.05, 4.69) is 27.6 Å². The molecule has 0 fully saturated rings. The van der Waals surface area contributed by atoms with Gasteiger partial charge < -0.3 is 9.32 Å². The molecule has 0 aliphatic carbocycles. The van der Waals surface area contributed by atoms with Gasteiger partial charge >= 0.3 is 0 Å². The molecule has 1 aromatic carbocycles. The molecule has 0 atom stereocenters. The van der Waals surface area contributed by atoms with E-state index in [9.17, 15) is 9.59 Å². The van der Waals surface area contributed by atoms with Crippen LogP contribution < -0.4 is 19.8 Å². The fraction of sp³-hybridized carbons (Fsp3) is 0.167. The number of carbonyl (C=O) groups excluding carboxylic acids is 1. The minimum absolute atomic E-state index is 0.0315. The number of Topliss-reactive ketones (excluding diaryl/α,β-unsaturated/α-hetero) is 1. The molecular formula is C18H14IN3O3S. The number of aromatic nitrogens is 1. The van der Waals surface area contributed by atoms with Crippen molar-refractivity contribution in [3.05, 3.63) is 71.2 Å². The van der Waals surface area contributed by atoms with Gasteiger partial charge in [-0.3, -0.25) is 14.2 Å². The molecule has 4 rings (SSSR count). The van der Waals surface area contributed by atoms with Crippen molar-refractivity contribution >= 4 is 51.5 Å². The molecule has 0 bridgehead atoms. The molecule has 0 saturated heterocycles. The van der Waals surface area contributed by atoms with Crippen molar-refractivity contribution in [1.29, 1.82) is 0 Å². The minimum Gasteiger partial charge on any atom is -0.451 e. The van der Waals surface area contributed by atoms with E-state index in [0.29, 0.717) is 34.0 Å². The first kappa shape index (κ1) is 17.2. The van der Waals surface area contributed by atoms with Gasteiger partial charge in [0, 0.05) is 17.3 Å². The Morgan fingerprint density at radius 1 is 1.27 bits per heavy atom. The summed E-state index contributed by atoms with van der Waals surface area (Å²) in [6.45, 7) is 2.44. The standard InChI is InChI=1S/C18H14IN3O3S/c1-11(23)12-2-4-13(5-3-12)21-9-20-18-22(10-21)17(24)15(26-18)8-14-6-7-16(19)25-14/h2-8H,9-10H2,1H3. The molecule has 0 radical (unpaired) electrons. The highest BCUT2D eigenvalue weighted by Gasteiger charge is 2.16. The lowest BCUT2D eigenvalue weighted by Crippen LogP contribution is -2.42. The zero-order chi connectivity index (χ0) is 18.3. The van der Waals surface area contributed by atoms with Gasteiger partial charge in [0.2, 0.25) is 0 Å². The minimum atomic E-state index is -0.0785. The van der Waals surface area contributed by atoms with Gasteiger partial charge in [-0.05, 0) is 65.9 Å². The molecule has 0 N–H and O–H groups in total. The number of benzene rings is 1. The largest absolute Gasteiger partial charge is 0.451 e. The summed E-state index contributed by atoms with van der Waals surface area (Å²) < 4.78 is 8.55. The second-order valence-electron chi connectivity index (χ2n) is 5.85. The quantitative estimate of drug-likeness (QED) is 0.427. The zero-order valence-electron chi connectivity index (χ0n) is 13.8. The summed E-state index contributed by atoms with van der Waals surface area (Å²) in [4.78, 5) is 31.3. The van der Waals surface area contributed by atoms with E-state index in [-0.39, 0.29) is 11.3 Å². The summed E-state index contributed by atoms with van der Waals surface area (Å²) in [5, 5.41) is 0. The number of carbonyl (C=O) groups is 1.